The highest BCUT2D eigenvalue weighted by Gasteiger charge is 2.26. The molecule has 0 heterocycles. The maximum Gasteiger partial charge on any atom is 0.147 e. The van der Waals surface area contributed by atoms with Crippen molar-refractivity contribution in [2.75, 3.05) is 12.0 Å². The summed E-state index contributed by atoms with van der Waals surface area (Å²) in [7, 11) is -3.05. The lowest BCUT2D eigenvalue weighted by atomic mass is 9.90. The third kappa shape index (κ3) is 4.61. The van der Waals surface area contributed by atoms with Crippen LogP contribution in [0.1, 0.15) is 38.5 Å². The van der Waals surface area contributed by atoms with Crippen molar-refractivity contribution in [3.8, 4) is 0 Å². The molecule has 94 valence electrons. The fourth-order valence-corrected chi connectivity index (χ4v) is 2.78. The van der Waals surface area contributed by atoms with E-state index in [1.807, 2.05) is 0 Å². The second kappa shape index (κ2) is 5.77. The number of Topliss-reactive ketones (excluding diaryl/α,β-unsaturated/α-hetero) is 1. The first kappa shape index (κ1) is 13.6. The maximum absolute atomic E-state index is 11.9. The molecule has 0 aromatic carbocycles. The van der Waals surface area contributed by atoms with Gasteiger partial charge in [0.15, 0.2) is 0 Å². The largest absolute Gasteiger partial charge is 0.327 e. The van der Waals surface area contributed by atoms with Gasteiger partial charge in [0.05, 0.1) is 5.75 Å². The zero-order valence-electron chi connectivity index (χ0n) is 9.81. The van der Waals surface area contributed by atoms with Crippen LogP contribution in [-0.4, -0.2) is 32.3 Å². The molecule has 1 aliphatic carbocycles. The molecule has 2 atom stereocenters. The van der Waals surface area contributed by atoms with Gasteiger partial charge in [-0.05, 0) is 12.8 Å². The molecule has 5 heteroatoms. The van der Waals surface area contributed by atoms with Crippen molar-refractivity contribution in [1.29, 1.82) is 0 Å². The summed E-state index contributed by atoms with van der Waals surface area (Å²) in [6.45, 7) is 0. The molecule has 2 unspecified atom stereocenters. The Morgan fingerprint density at radius 2 is 1.88 bits per heavy atom. The lowest BCUT2D eigenvalue weighted by Gasteiger charge is -2.19. The average Bonchev–Trinajstić information content (AvgIpc) is 2.38. The summed E-state index contributed by atoms with van der Waals surface area (Å²) in [5, 5.41) is 0. The third-order valence-corrected chi connectivity index (χ3v) is 4.15. The van der Waals surface area contributed by atoms with E-state index in [1.165, 1.54) is 0 Å². The minimum Gasteiger partial charge on any atom is -0.327 e. The number of carbonyl (C=O) groups excluding carboxylic acids is 1. The fraction of sp³-hybridized carbons (Fsp3) is 0.909. The van der Waals surface area contributed by atoms with E-state index in [0.29, 0.717) is 0 Å². The van der Waals surface area contributed by atoms with E-state index in [1.54, 1.807) is 0 Å². The van der Waals surface area contributed by atoms with Crippen LogP contribution in [-0.2, 0) is 14.6 Å². The van der Waals surface area contributed by atoms with Gasteiger partial charge < -0.3 is 5.73 Å². The molecule has 1 rings (SSSR count). The van der Waals surface area contributed by atoms with E-state index >= 15 is 0 Å². The zero-order chi connectivity index (χ0) is 12.2. The predicted octanol–water partition coefficient (Wildman–Crippen LogP) is 0.898. The Balaban J connectivity index is 2.51. The van der Waals surface area contributed by atoms with Gasteiger partial charge in [-0.2, -0.15) is 0 Å². The first-order valence-corrected chi connectivity index (χ1v) is 7.92. The van der Waals surface area contributed by atoms with Gasteiger partial charge in [0.25, 0.3) is 0 Å². The van der Waals surface area contributed by atoms with Crippen LogP contribution in [0.2, 0.25) is 0 Å². The molecular formula is C11H21NO3S. The highest BCUT2D eigenvalue weighted by molar-refractivity contribution is 7.90. The monoisotopic (exact) mass is 247 g/mol. The highest BCUT2D eigenvalue weighted by atomic mass is 32.2. The first-order valence-electron chi connectivity index (χ1n) is 5.86. The van der Waals surface area contributed by atoms with Crippen LogP contribution < -0.4 is 5.73 Å². The molecule has 0 saturated heterocycles. The van der Waals surface area contributed by atoms with Gasteiger partial charge in [-0.15, -0.1) is 0 Å². The Hall–Kier alpha value is -0.420. The minimum absolute atomic E-state index is 0.0276. The predicted molar refractivity (Wildman–Crippen MR) is 63.9 cm³/mol. The molecule has 0 radical (unpaired) electrons. The average molecular weight is 247 g/mol. The molecule has 0 aromatic heterocycles. The normalized spacial score (nSPS) is 27.4. The van der Waals surface area contributed by atoms with E-state index in [4.69, 9.17) is 5.73 Å². The quantitative estimate of drug-likeness (QED) is 0.749. The van der Waals surface area contributed by atoms with Crippen molar-refractivity contribution in [2.45, 2.75) is 44.6 Å². The Morgan fingerprint density at radius 3 is 2.50 bits per heavy atom. The van der Waals surface area contributed by atoms with Gasteiger partial charge in [-0.3, -0.25) is 4.79 Å². The molecule has 2 N–H and O–H groups in total. The first-order chi connectivity index (χ1) is 7.40. The molecular weight excluding hydrogens is 226 g/mol. The minimum atomic E-state index is -3.05. The molecule has 4 nitrogen and oxygen atoms in total. The summed E-state index contributed by atoms with van der Waals surface area (Å²) in [6, 6.07) is -0.0745. The lowest BCUT2D eigenvalue weighted by molar-refractivity contribution is -0.123. The topological polar surface area (TPSA) is 77.2 Å². The van der Waals surface area contributed by atoms with E-state index in [2.05, 4.69) is 0 Å². The summed E-state index contributed by atoms with van der Waals surface area (Å²) >= 11 is 0. The number of hydrogen-bond acceptors (Lipinski definition) is 4. The summed E-state index contributed by atoms with van der Waals surface area (Å²) < 4.78 is 22.0. The van der Waals surface area contributed by atoms with E-state index in [9.17, 15) is 13.2 Å². The molecule has 0 aliphatic heterocycles. The molecule has 1 saturated carbocycles. The van der Waals surface area contributed by atoms with Gasteiger partial charge in [0, 0.05) is 24.6 Å². The number of sulfone groups is 1. The van der Waals surface area contributed by atoms with E-state index < -0.39 is 9.84 Å². The summed E-state index contributed by atoms with van der Waals surface area (Å²) in [4.78, 5) is 11.9. The Kier molecular flexibility index (Phi) is 4.92. The van der Waals surface area contributed by atoms with E-state index in [-0.39, 0.29) is 29.9 Å². The molecule has 16 heavy (non-hydrogen) atoms. The van der Waals surface area contributed by atoms with Crippen molar-refractivity contribution < 1.29 is 13.2 Å². The molecule has 1 aliphatic rings. The summed E-state index contributed by atoms with van der Waals surface area (Å²) in [5.41, 5.74) is 5.95. The molecule has 1 fully saturated rings. The van der Waals surface area contributed by atoms with Gasteiger partial charge in [0.2, 0.25) is 0 Å². The second-order valence-electron chi connectivity index (χ2n) is 4.75. The number of carbonyl (C=O) groups is 1. The van der Waals surface area contributed by atoms with Gasteiger partial charge >= 0.3 is 0 Å². The number of ketones is 1. The number of rotatable bonds is 4. The van der Waals surface area contributed by atoms with Gasteiger partial charge in [0.1, 0.15) is 15.6 Å². The Bertz CT molecular complexity index is 337. The van der Waals surface area contributed by atoms with Crippen molar-refractivity contribution in [1.82, 2.24) is 0 Å². The summed E-state index contributed by atoms with van der Waals surface area (Å²) in [5.74, 6) is -0.140. The van der Waals surface area contributed by atoms with Gasteiger partial charge in [-0.25, -0.2) is 8.42 Å². The Labute approximate surface area is 97.5 Å². The fourth-order valence-electron chi connectivity index (χ4n) is 2.21. The smallest absolute Gasteiger partial charge is 0.147 e. The molecule has 0 amide bonds. The van der Waals surface area contributed by atoms with Crippen molar-refractivity contribution in [3.05, 3.63) is 0 Å². The second-order valence-corrected chi connectivity index (χ2v) is 7.01. The van der Waals surface area contributed by atoms with Gasteiger partial charge in [-0.1, -0.05) is 19.3 Å². The standard InChI is InChI=1S/C11H21NO3S/c1-16(14,15)8-7-11(13)9-5-3-2-4-6-10(9)12/h9-10H,2-8,12H2,1H3. The summed E-state index contributed by atoms with van der Waals surface area (Å²) in [6.07, 6.45) is 6.23. The van der Waals surface area contributed by atoms with Crippen LogP contribution in [0, 0.1) is 5.92 Å². The molecule has 0 spiro atoms. The third-order valence-electron chi connectivity index (χ3n) is 3.20. The number of hydrogen-bond donors (Lipinski definition) is 1. The highest BCUT2D eigenvalue weighted by Crippen LogP contribution is 2.23. The van der Waals surface area contributed by atoms with Crippen LogP contribution in [0.25, 0.3) is 0 Å². The van der Waals surface area contributed by atoms with Crippen molar-refractivity contribution >= 4 is 15.6 Å². The molecule has 0 aromatic rings. The SMILES string of the molecule is CS(=O)(=O)CCC(=O)C1CCCCCC1N. The van der Waals surface area contributed by atoms with Crippen LogP contribution in [0.5, 0.6) is 0 Å². The van der Waals surface area contributed by atoms with E-state index in [0.717, 1.165) is 38.4 Å². The lowest BCUT2D eigenvalue weighted by Crippen LogP contribution is -2.35. The zero-order valence-corrected chi connectivity index (χ0v) is 10.6. The Morgan fingerprint density at radius 1 is 1.25 bits per heavy atom. The van der Waals surface area contributed by atoms with Crippen molar-refractivity contribution in [3.63, 3.8) is 0 Å². The van der Waals surface area contributed by atoms with Crippen LogP contribution in [0.4, 0.5) is 0 Å². The van der Waals surface area contributed by atoms with Crippen molar-refractivity contribution in [2.24, 2.45) is 11.7 Å². The van der Waals surface area contributed by atoms with Crippen LogP contribution in [0.15, 0.2) is 0 Å². The number of nitrogens with two attached hydrogens (primary N) is 1. The van der Waals surface area contributed by atoms with Crippen LogP contribution in [0.3, 0.4) is 0 Å². The van der Waals surface area contributed by atoms with Crippen LogP contribution >= 0.6 is 0 Å². The molecule has 0 bridgehead atoms. The maximum atomic E-state index is 11.9.